The molecule has 0 aliphatic rings. The molecule has 0 spiro atoms. The molecule has 0 aromatic carbocycles. The van der Waals surface area contributed by atoms with E-state index in [1.54, 1.807) is 6.08 Å². The summed E-state index contributed by atoms with van der Waals surface area (Å²) in [5.41, 5.74) is 0. The Balaban J connectivity index is 4.08. The first-order valence-electron chi connectivity index (χ1n) is 18.5. The topological polar surface area (TPSA) is 104 Å². The summed E-state index contributed by atoms with van der Waals surface area (Å²) < 4.78 is 32.3. The number of allylic oxidation sites excluding steroid dienone is 9. The molecule has 2 atom stereocenters. The van der Waals surface area contributed by atoms with E-state index in [1.165, 1.54) is 83.1 Å². The number of hydrogen-bond acceptors (Lipinski definition) is 4. The second-order valence-electron chi connectivity index (χ2n) is 12.5. The van der Waals surface area contributed by atoms with Gasteiger partial charge in [0.15, 0.2) is 0 Å². The number of amides is 1. The van der Waals surface area contributed by atoms with E-state index in [0.717, 1.165) is 51.4 Å². The molecule has 3 N–H and O–H groups in total. The van der Waals surface area contributed by atoms with E-state index in [4.69, 9.17) is 0 Å². The van der Waals surface area contributed by atoms with Gasteiger partial charge >= 0.3 is 0 Å². The van der Waals surface area contributed by atoms with Crippen molar-refractivity contribution in [3.05, 3.63) is 60.8 Å². The first kappa shape index (κ1) is 44.0. The number of aliphatic hydroxyl groups is 1. The molecule has 0 fully saturated rings. The molecule has 0 aromatic heterocycles. The Morgan fingerprint density at radius 2 is 1.07 bits per heavy atom. The molecule has 1 amide bonds. The summed E-state index contributed by atoms with van der Waals surface area (Å²) in [5.74, 6) is -1.04. The SMILES string of the molecule is CC/C=C\C/C=C\C/C=C\CCCCCC(=O)NC(CS(=O)(=O)O)C(O)/C=C/CC/C=C/CCCCCCCCCCCCCC. The number of carbonyl (C=O) groups is 1. The third kappa shape index (κ3) is 33.4. The fourth-order valence-electron chi connectivity index (χ4n) is 5.18. The van der Waals surface area contributed by atoms with E-state index in [-0.39, 0.29) is 12.3 Å². The summed E-state index contributed by atoms with van der Waals surface area (Å²) in [5, 5.41) is 13.1. The zero-order valence-corrected chi connectivity index (χ0v) is 30.2. The van der Waals surface area contributed by atoms with Crippen LogP contribution >= 0.6 is 0 Å². The number of aliphatic hydroxyl groups excluding tert-OH is 1. The van der Waals surface area contributed by atoms with Crippen molar-refractivity contribution in [3.8, 4) is 0 Å². The number of nitrogens with one attached hydrogen (secondary N) is 1. The van der Waals surface area contributed by atoms with Gasteiger partial charge in [0, 0.05) is 6.42 Å². The van der Waals surface area contributed by atoms with Gasteiger partial charge in [-0.1, -0.05) is 152 Å². The van der Waals surface area contributed by atoms with Crippen molar-refractivity contribution in [2.75, 3.05) is 5.75 Å². The summed E-state index contributed by atoms with van der Waals surface area (Å²) >= 11 is 0. The highest BCUT2D eigenvalue weighted by atomic mass is 32.2. The van der Waals surface area contributed by atoms with Crippen molar-refractivity contribution < 1.29 is 22.9 Å². The molecule has 266 valence electrons. The second-order valence-corrected chi connectivity index (χ2v) is 14.0. The zero-order chi connectivity index (χ0) is 34.0. The van der Waals surface area contributed by atoms with Crippen LogP contribution in [0.2, 0.25) is 0 Å². The number of unbranched alkanes of at least 4 members (excludes halogenated alkanes) is 16. The average Bonchev–Trinajstić information content (AvgIpc) is 3.01. The molecule has 0 heterocycles. The minimum absolute atomic E-state index is 0.250. The Morgan fingerprint density at radius 1 is 0.609 bits per heavy atom. The number of hydrogen-bond donors (Lipinski definition) is 3. The van der Waals surface area contributed by atoms with Crippen molar-refractivity contribution >= 4 is 16.0 Å². The standard InChI is InChI=1S/C39H69NO5S/c1-3-5-7-9-11-13-15-17-18-19-20-21-23-24-26-28-30-32-34-38(41)37(36-46(43,44)45)40-39(42)35-33-31-29-27-25-22-16-14-12-10-8-6-4-2/h6,8,12,14,22,24-26,32,34,37-38,41H,3-5,7,9-11,13,15-21,23,27-31,33,35-36H2,1-2H3,(H,40,42)(H,43,44,45)/b8-6-,14-12-,25-22-,26-24+,34-32+. The van der Waals surface area contributed by atoms with Gasteiger partial charge in [-0.3, -0.25) is 9.35 Å². The largest absolute Gasteiger partial charge is 0.387 e. The molecule has 46 heavy (non-hydrogen) atoms. The molecule has 0 saturated heterocycles. The van der Waals surface area contributed by atoms with Crippen LogP contribution in [0.3, 0.4) is 0 Å². The van der Waals surface area contributed by atoms with Gasteiger partial charge in [-0.05, 0) is 64.2 Å². The van der Waals surface area contributed by atoms with Gasteiger partial charge < -0.3 is 10.4 Å². The molecular formula is C39H69NO5S. The van der Waals surface area contributed by atoms with Gasteiger partial charge in [0.25, 0.3) is 10.1 Å². The predicted molar refractivity (Wildman–Crippen MR) is 198 cm³/mol. The minimum Gasteiger partial charge on any atom is -0.387 e. The van der Waals surface area contributed by atoms with Crippen LogP contribution in [0.25, 0.3) is 0 Å². The van der Waals surface area contributed by atoms with E-state index in [9.17, 15) is 22.9 Å². The fourth-order valence-corrected chi connectivity index (χ4v) is 5.92. The predicted octanol–water partition coefficient (Wildman–Crippen LogP) is 10.5. The van der Waals surface area contributed by atoms with Gasteiger partial charge in [0.2, 0.25) is 5.91 Å². The molecule has 0 aliphatic heterocycles. The molecule has 0 aromatic rings. The first-order valence-corrected chi connectivity index (χ1v) is 20.1. The van der Waals surface area contributed by atoms with E-state index in [2.05, 4.69) is 67.8 Å². The maximum atomic E-state index is 12.4. The molecule has 7 heteroatoms. The van der Waals surface area contributed by atoms with Crippen LogP contribution in [0.1, 0.15) is 162 Å². The maximum absolute atomic E-state index is 12.4. The minimum atomic E-state index is -4.36. The summed E-state index contributed by atoms with van der Waals surface area (Å²) in [4.78, 5) is 12.4. The maximum Gasteiger partial charge on any atom is 0.267 e. The normalized spacial score (nSPS) is 14.1. The van der Waals surface area contributed by atoms with E-state index < -0.39 is 28.0 Å². The van der Waals surface area contributed by atoms with Crippen molar-refractivity contribution in [3.63, 3.8) is 0 Å². The number of rotatable bonds is 32. The molecule has 6 nitrogen and oxygen atoms in total. The second kappa shape index (κ2) is 33.0. The fraction of sp³-hybridized carbons (Fsp3) is 0.718. The highest BCUT2D eigenvalue weighted by Crippen LogP contribution is 2.13. The van der Waals surface area contributed by atoms with Crippen LogP contribution in [0, 0.1) is 0 Å². The third-order valence-corrected chi connectivity index (χ3v) is 8.71. The Labute approximate surface area is 283 Å². The first-order chi connectivity index (χ1) is 22.3. The molecule has 0 saturated carbocycles. The quantitative estimate of drug-likeness (QED) is 0.0377. The molecule has 0 bridgehead atoms. The van der Waals surface area contributed by atoms with Gasteiger partial charge in [-0.25, -0.2) is 0 Å². The Bertz CT molecular complexity index is 951. The van der Waals surface area contributed by atoms with E-state index in [1.807, 2.05) is 0 Å². The monoisotopic (exact) mass is 663 g/mol. The molecule has 0 radical (unpaired) electrons. The van der Waals surface area contributed by atoms with Crippen molar-refractivity contribution in [2.24, 2.45) is 0 Å². The molecule has 2 unspecified atom stereocenters. The van der Waals surface area contributed by atoms with E-state index in [0.29, 0.717) is 12.8 Å². The van der Waals surface area contributed by atoms with Gasteiger partial charge in [0.05, 0.1) is 17.9 Å². The third-order valence-electron chi connectivity index (χ3n) is 7.93. The Kier molecular flexibility index (Phi) is 31.6. The van der Waals surface area contributed by atoms with Crippen LogP contribution in [0.5, 0.6) is 0 Å². The van der Waals surface area contributed by atoms with Crippen molar-refractivity contribution in [1.29, 1.82) is 0 Å². The molecular weight excluding hydrogens is 594 g/mol. The summed E-state index contributed by atoms with van der Waals surface area (Å²) in [6, 6.07) is -1.09. The Morgan fingerprint density at radius 3 is 1.63 bits per heavy atom. The Hall–Kier alpha value is -1.96. The molecule has 0 aliphatic carbocycles. The molecule has 0 rings (SSSR count). The summed E-state index contributed by atoms with van der Waals surface area (Å²) in [6.07, 6.45) is 45.0. The van der Waals surface area contributed by atoms with Crippen molar-refractivity contribution in [2.45, 2.75) is 174 Å². The highest BCUT2D eigenvalue weighted by Gasteiger charge is 2.24. The van der Waals surface area contributed by atoms with E-state index >= 15 is 0 Å². The lowest BCUT2D eigenvalue weighted by Crippen LogP contribution is -2.46. The average molecular weight is 664 g/mol. The van der Waals surface area contributed by atoms with Crippen LogP contribution in [-0.2, 0) is 14.9 Å². The summed E-state index contributed by atoms with van der Waals surface area (Å²) in [6.45, 7) is 4.39. The van der Waals surface area contributed by atoms with Crippen LogP contribution < -0.4 is 5.32 Å². The van der Waals surface area contributed by atoms with Crippen LogP contribution in [-0.4, -0.2) is 41.9 Å². The van der Waals surface area contributed by atoms with Gasteiger partial charge in [-0.15, -0.1) is 0 Å². The van der Waals surface area contributed by atoms with Gasteiger partial charge in [-0.2, -0.15) is 8.42 Å². The lowest BCUT2D eigenvalue weighted by atomic mass is 10.0. The van der Waals surface area contributed by atoms with Gasteiger partial charge in [0.1, 0.15) is 0 Å². The zero-order valence-electron chi connectivity index (χ0n) is 29.4. The van der Waals surface area contributed by atoms with Crippen LogP contribution in [0.4, 0.5) is 0 Å². The lowest BCUT2D eigenvalue weighted by molar-refractivity contribution is -0.122. The lowest BCUT2D eigenvalue weighted by Gasteiger charge is -2.21. The summed E-state index contributed by atoms with van der Waals surface area (Å²) in [7, 11) is -4.36. The number of carbonyl (C=O) groups excluding carboxylic acids is 1. The van der Waals surface area contributed by atoms with Crippen LogP contribution in [0.15, 0.2) is 60.8 Å². The highest BCUT2D eigenvalue weighted by molar-refractivity contribution is 7.85. The smallest absolute Gasteiger partial charge is 0.267 e. The van der Waals surface area contributed by atoms with Crippen molar-refractivity contribution in [1.82, 2.24) is 5.32 Å².